The summed E-state index contributed by atoms with van der Waals surface area (Å²) in [5.74, 6) is -0.628. The number of aromatic nitrogens is 2. The molecule has 1 N–H and O–H groups in total. The van der Waals surface area contributed by atoms with E-state index in [1.807, 2.05) is 49.4 Å². The zero-order chi connectivity index (χ0) is 19.5. The Labute approximate surface area is 162 Å². The highest BCUT2D eigenvalue weighted by Crippen LogP contribution is 2.25. The molecule has 28 heavy (non-hydrogen) atoms. The number of hydrogen-bond acceptors (Lipinski definition) is 5. The van der Waals surface area contributed by atoms with Crippen molar-refractivity contribution in [3.63, 3.8) is 0 Å². The summed E-state index contributed by atoms with van der Waals surface area (Å²) in [5, 5.41) is 6.69. The van der Waals surface area contributed by atoms with Crippen LogP contribution in [0.2, 0.25) is 0 Å². The van der Waals surface area contributed by atoms with E-state index in [0.29, 0.717) is 11.4 Å². The third-order valence-electron chi connectivity index (χ3n) is 4.98. The fraction of sp³-hybridized carbons (Fsp3) is 0.286. The first-order chi connectivity index (χ1) is 13.6. The Bertz CT molecular complexity index is 1030. The third-order valence-corrected chi connectivity index (χ3v) is 4.98. The average molecular weight is 378 g/mol. The van der Waals surface area contributed by atoms with Gasteiger partial charge < -0.3 is 10.2 Å². The molecule has 1 aliphatic heterocycles. The largest absolute Gasteiger partial charge is 0.442 e. The normalized spacial score (nSPS) is 13.7. The van der Waals surface area contributed by atoms with Gasteiger partial charge in [-0.15, -0.1) is 0 Å². The van der Waals surface area contributed by atoms with E-state index < -0.39 is 5.76 Å². The van der Waals surface area contributed by atoms with Crippen LogP contribution >= 0.6 is 0 Å². The highest BCUT2D eigenvalue weighted by Gasteiger charge is 2.17. The smallest absolute Gasteiger partial charge is 0.372 e. The van der Waals surface area contributed by atoms with Gasteiger partial charge in [-0.25, -0.2) is 9.36 Å². The average Bonchev–Trinajstić information content (AvgIpc) is 3.35. The van der Waals surface area contributed by atoms with Crippen LogP contribution in [0, 0.1) is 6.92 Å². The minimum Gasteiger partial charge on any atom is -0.372 e. The molecule has 0 radical (unpaired) electrons. The second kappa shape index (κ2) is 7.72. The summed E-state index contributed by atoms with van der Waals surface area (Å²) < 4.78 is 6.00. The van der Waals surface area contributed by atoms with Gasteiger partial charge in [0.25, 0.3) is 0 Å². The lowest BCUT2D eigenvalue weighted by Crippen LogP contribution is -2.26. The lowest BCUT2D eigenvalue weighted by Gasteiger charge is -2.19. The SMILES string of the molecule is Cc1cc(N2CCCC2)ccc1NC(=O)Cn1c(-c2ccccc2)noc1=O. The van der Waals surface area contributed by atoms with Crippen molar-refractivity contribution in [2.75, 3.05) is 23.3 Å². The Morgan fingerprint density at radius 1 is 1.14 bits per heavy atom. The number of carbonyl (C=O) groups is 1. The number of amides is 1. The van der Waals surface area contributed by atoms with Crippen LogP contribution in [0.15, 0.2) is 57.8 Å². The van der Waals surface area contributed by atoms with E-state index in [-0.39, 0.29) is 12.5 Å². The van der Waals surface area contributed by atoms with Gasteiger partial charge in [0, 0.05) is 30.0 Å². The summed E-state index contributed by atoms with van der Waals surface area (Å²) in [6, 6.07) is 15.2. The fourth-order valence-corrected chi connectivity index (χ4v) is 3.50. The topological polar surface area (TPSA) is 80.4 Å². The van der Waals surface area contributed by atoms with Crippen LogP contribution in [0.3, 0.4) is 0 Å². The van der Waals surface area contributed by atoms with Crippen LogP contribution in [-0.4, -0.2) is 28.7 Å². The van der Waals surface area contributed by atoms with Crippen LogP contribution in [-0.2, 0) is 11.3 Å². The monoisotopic (exact) mass is 378 g/mol. The van der Waals surface area contributed by atoms with E-state index in [0.717, 1.165) is 24.3 Å². The van der Waals surface area contributed by atoms with Crippen LogP contribution in [0.5, 0.6) is 0 Å². The summed E-state index contributed by atoms with van der Waals surface area (Å²) in [4.78, 5) is 26.9. The summed E-state index contributed by atoms with van der Waals surface area (Å²) in [6.45, 7) is 3.95. The van der Waals surface area contributed by atoms with Gasteiger partial charge in [0.15, 0.2) is 5.82 Å². The summed E-state index contributed by atoms with van der Waals surface area (Å²) >= 11 is 0. The molecule has 1 saturated heterocycles. The molecule has 3 aromatic rings. The van der Waals surface area contributed by atoms with Gasteiger partial charge in [0.05, 0.1) is 0 Å². The summed E-state index contributed by atoms with van der Waals surface area (Å²) in [7, 11) is 0. The Morgan fingerprint density at radius 2 is 1.89 bits per heavy atom. The summed E-state index contributed by atoms with van der Waals surface area (Å²) in [5.41, 5.74) is 3.61. The molecule has 0 aliphatic carbocycles. The second-order valence-corrected chi connectivity index (χ2v) is 6.97. The molecule has 1 aromatic heterocycles. The lowest BCUT2D eigenvalue weighted by molar-refractivity contribution is -0.116. The molecule has 1 amide bonds. The first-order valence-corrected chi connectivity index (χ1v) is 9.39. The molecule has 0 spiro atoms. The van der Waals surface area contributed by atoms with Crippen molar-refractivity contribution in [2.24, 2.45) is 0 Å². The van der Waals surface area contributed by atoms with Crippen molar-refractivity contribution in [2.45, 2.75) is 26.3 Å². The molecule has 0 saturated carbocycles. The van der Waals surface area contributed by atoms with Crippen LogP contribution in [0.4, 0.5) is 11.4 Å². The van der Waals surface area contributed by atoms with Crippen LogP contribution in [0.1, 0.15) is 18.4 Å². The minimum atomic E-state index is -0.657. The Balaban J connectivity index is 1.50. The van der Waals surface area contributed by atoms with E-state index in [2.05, 4.69) is 21.4 Å². The molecule has 7 nitrogen and oxygen atoms in total. The Hall–Kier alpha value is -3.35. The predicted molar refractivity (Wildman–Crippen MR) is 107 cm³/mol. The van der Waals surface area contributed by atoms with Crippen molar-refractivity contribution in [3.8, 4) is 11.4 Å². The van der Waals surface area contributed by atoms with E-state index in [1.54, 1.807) is 0 Å². The number of nitrogens with zero attached hydrogens (tertiary/aromatic N) is 3. The number of nitrogens with one attached hydrogen (secondary N) is 1. The lowest BCUT2D eigenvalue weighted by atomic mass is 10.1. The van der Waals surface area contributed by atoms with Crippen molar-refractivity contribution in [1.29, 1.82) is 0 Å². The summed E-state index contributed by atoms with van der Waals surface area (Å²) in [6.07, 6.45) is 2.43. The first kappa shape index (κ1) is 18.0. The second-order valence-electron chi connectivity index (χ2n) is 6.97. The Morgan fingerprint density at radius 3 is 2.61 bits per heavy atom. The van der Waals surface area contributed by atoms with E-state index >= 15 is 0 Å². The molecule has 1 fully saturated rings. The van der Waals surface area contributed by atoms with Crippen LogP contribution < -0.4 is 16.0 Å². The predicted octanol–water partition coefficient (Wildman–Crippen LogP) is 3.05. The van der Waals surface area contributed by atoms with Gasteiger partial charge in [-0.2, -0.15) is 0 Å². The molecule has 0 bridgehead atoms. The van der Waals surface area contributed by atoms with E-state index in [4.69, 9.17) is 4.52 Å². The van der Waals surface area contributed by atoms with Gasteiger partial charge in [0.1, 0.15) is 6.54 Å². The number of anilines is 2. The number of carbonyl (C=O) groups excluding carboxylic acids is 1. The van der Waals surface area contributed by atoms with Gasteiger partial charge >= 0.3 is 5.76 Å². The number of benzene rings is 2. The maximum atomic E-state index is 12.6. The zero-order valence-electron chi connectivity index (χ0n) is 15.7. The minimum absolute atomic E-state index is 0.167. The maximum absolute atomic E-state index is 12.6. The Kier molecular flexibility index (Phi) is 4.97. The molecule has 7 heteroatoms. The zero-order valence-corrected chi connectivity index (χ0v) is 15.7. The van der Waals surface area contributed by atoms with E-state index in [1.165, 1.54) is 23.1 Å². The number of hydrogen-bond donors (Lipinski definition) is 1. The van der Waals surface area contributed by atoms with Crippen molar-refractivity contribution < 1.29 is 9.32 Å². The highest BCUT2D eigenvalue weighted by molar-refractivity contribution is 5.91. The van der Waals surface area contributed by atoms with E-state index in [9.17, 15) is 9.59 Å². The molecular weight excluding hydrogens is 356 g/mol. The molecule has 0 atom stereocenters. The van der Waals surface area contributed by atoms with Crippen molar-refractivity contribution in [1.82, 2.24) is 9.72 Å². The standard InChI is InChI=1S/C21H22N4O3/c1-15-13-17(24-11-5-6-12-24)9-10-18(15)22-19(26)14-25-20(23-28-21(25)27)16-7-3-2-4-8-16/h2-4,7-10,13H,5-6,11-12,14H2,1H3,(H,22,26). The molecule has 1 aliphatic rings. The van der Waals surface area contributed by atoms with Gasteiger partial charge in [-0.3, -0.25) is 9.32 Å². The quantitative estimate of drug-likeness (QED) is 0.738. The van der Waals surface area contributed by atoms with Crippen molar-refractivity contribution >= 4 is 17.3 Å². The van der Waals surface area contributed by atoms with Crippen molar-refractivity contribution in [3.05, 3.63) is 64.6 Å². The number of aryl methyl sites for hydroxylation is 1. The molecule has 2 heterocycles. The molecule has 2 aromatic carbocycles. The maximum Gasteiger partial charge on any atom is 0.442 e. The number of rotatable bonds is 5. The van der Waals surface area contributed by atoms with Crippen LogP contribution in [0.25, 0.3) is 11.4 Å². The molecule has 0 unspecified atom stereocenters. The highest BCUT2D eigenvalue weighted by atomic mass is 16.5. The molecular formula is C21H22N4O3. The van der Waals surface area contributed by atoms with Gasteiger partial charge in [-0.05, 0) is 43.5 Å². The fourth-order valence-electron chi connectivity index (χ4n) is 3.50. The molecule has 4 rings (SSSR count). The van der Waals surface area contributed by atoms with Gasteiger partial charge in [-0.1, -0.05) is 35.5 Å². The molecule has 144 valence electrons. The third kappa shape index (κ3) is 3.69. The van der Waals surface area contributed by atoms with Gasteiger partial charge in [0.2, 0.25) is 5.91 Å². The first-order valence-electron chi connectivity index (χ1n) is 9.39.